The van der Waals surface area contributed by atoms with E-state index in [1.54, 1.807) is 0 Å². The average molecular weight is 293 g/mol. The number of hydrogen-bond acceptors (Lipinski definition) is 3. The maximum atomic E-state index is 9.91. The Labute approximate surface area is 127 Å². The van der Waals surface area contributed by atoms with E-state index >= 15 is 0 Å². The van der Waals surface area contributed by atoms with Crippen molar-refractivity contribution in [2.45, 2.75) is 50.9 Å². The molecule has 0 aliphatic heterocycles. The van der Waals surface area contributed by atoms with Crippen molar-refractivity contribution in [3.63, 3.8) is 0 Å². The van der Waals surface area contributed by atoms with Crippen molar-refractivity contribution in [2.75, 3.05) is 12.4 Å². The highest BCUT2D eigenvalue weighted by molar-refractivity contribution is 7.98. The van der Waals surface area contributed by atoms with Crippen molar-refractivity contribution in [2.24, 2.45) is 5.92 Å². The summed E-state index contributed by atoms with van der Waals surface area (Å²) < 4.78 is 0. The normalized spacial score (nSPS) is 18.2. The van der Waals surface area contributed by atoms with E-state index in [2.05, 4.69) is 50.4 Å². The van der Waals surface area contributed by atoms with Crippen LogP contribution < -0.4 is 5.32 Å². The molecule has 0 heterocycles. The first-order valence-corrected chi connectivity index (χ1v) is 8.73. The SMILES string of the molecule is Cc1ccccc1CSCC(CO)(NC(C)C)C1CC1. The second-order valence-corrected chi connectivity index (χ2v) is 7.29. The van der Waals surface area contributed by atoms with Gasteiger partial charge in [0.2, 0.25) is 0 Å². The van der Waals surface area contributed by atoms with Gasteiger partial charge in [-0.1, -0.05) is 38.1 Å². The number of aliphatic hydroxyl groups excluding tert-OH is 1. The Morgan fingerprint density at radius 2 is 2.05 bits per heavy atom. The molecule has 2 N–H and O–H groups in total. The first-order valence-electron chi connectivity index (χ1n) is 7.58. The molecule has 2 rings (SSSR count). The van der Waals surface area contributed by atoms with E-state index in [4.69, 9.17) is 0 Å². The molecule has 1 aliphatic carbocycles. The van der Waals surface area contributed by atoms with Crippen molar-refractivity contribution < 1.29 is 5.11 Å². The second kappa shape index (κ2) is 6.97. The van der Waals surface area contributed by atoms with Gasteiger partial charge >= 0.3 is 0 Å². The standard InChI is InChI=1S/C17H27NOS/c1-13(2)18-17(11-19,16-8-9-16)12-20-10-15-7-5-4-6-14(15)3/h4-7,13,16,18-19H,8-12H2,1-3H3. The third-order valence-corrected chi connectivity index (χ3v) is 5.33. The molecule has 0 bridgehead atoms. The number of thioether (sulfide) groups is 1. The molecular formula is C17H27NOS. The van der Waals surface area contributed by atoms with E-state index in [1.165, 1.54) is 24.0 Å². The van der Waals surface area contributed by atoms with E-state index < -0.39 is 0 Å². The van der Waals surface area contributed by atoms with Gasteiger partial charge in [-0.3, -0.25) is 0 Å². The molecule has 1 atom stereocenters. The van der Waals surface area contributed by atoms with E-state index in [0.29, 0.717) is 12.0 Å². The van der Waals surface area contributed by atoms with Gasteiger partial charge in [0.05, 0.1) is 12.1 Å². The van der Waals surface area contributed by atoms with Crippen LogP contribution >= 0.6 is 11.8 Å². The Kier molecular flexibility index (Phi) is 5.53. The molecule has 1 aromatic carbocycles. The zero-order valence-electron chi connectivity index (χ0n) is 12.9. The van der Waals surface area contributed by atoms with Gasteiger partial charge in [0.15, 0.2) is 0 Å². The molecule has 0 aromatic heterocycles. The molecule has 0 amide bonds. The van der Waals surface area contributed by atoms with Crippen molar-refractivity contribution in [3.05, 3.63) is 35.4 Å². The first kappa shape index (κ1) is 15.9. The minimum atomic E-state index is -0.0818. The first-order chi connectivity index (χ1) is 9.57. The molecule has 1 saturated carbocycles. The van der Waals surface area contributed by atoms with Crippen LogP contribution in [0, 0.1) is 12.8 Å². The highest BCUT2D eigenvalue weighted by atomic mass is 32.2. The fourth-order valence-corrected chi connectivity index (χ4v) is 4.24. The zero-order valence-corrected chi connectivity index (χ0v) is 13.7. The maximum Gasteiger partial charge on any atom is 0.0624 e. The third-order valence-electron chi connectivity index (χ3n) is 4.10. The van der Waals surface area contributed by atoms with Crippen LogP contribution in [0.3, 0.4) is 0 Å². The summed E-state index contributed by atoms with van der Waals surface area (Å²) in [6.45, 7) is 6.75. The van der Waals surface area contributed by atoms with Crippen LogP contribution in [0.25, 0.3) is 0 Å². The van der Waals surface area contributed by atoms with Gasteiger partial charge in [-0.15, -0.1) is 0 Å². The fraction of sp³-hybridized carbons (Fsp3) is 0.647. The minimum Gasteiger partial charge on any atom is -0.394 e. The van der Waals surface area contributed by atoms with Crippen molar-refractivity contribution >= 4 is 11.8 Å². The van der Waals surface area contributed by atoms with Gasteiger partial charge in [0, 0.05) is 17.5 Å². The summed E-state index contributed by atoms with van der Waals surface area (Å²) in [6.07, 6.45) is 2.51. The van der Waals surface area contributed by atoms with Gasteiger partial charge in [0.25, 0.3) is 0 Å². The molecule has 0 spiro atoms. The Hall–Kier alpha value is -0.510. The van der Waals surface area contributed by atoms with E-state index in [-0.39, 0.29) is 12.1 Å². The van der Waals surface area contributed by atoms with Crippen LogP contribution in [0.5, 0.6) is 0 Å². The molecule has 0 saturated heterocycles. The van der Waals surface area contributed by atoms with Crippen LogP contribution in [0.1, 0.15) is 37.8 Å². The molecule has 1 unspecified atom stereocenters. The molecule has 20 heavy (non-hydrogen) atoms. The van der Waals surface area contributed by atoms with Crippen molar-refractivity contribution in [1.82, 2.24) is 5.32 Å². The third kappa shape index (κ3) is 4.00. The monoisotopic (exact) mass is 293 g/mol. The zero-order chi connectivity index (χ0) is 14.6. The Bertz CT molecular complexity index is 431. The van der Waals surface area contributed by atoms with E-state index in [1.807, 2.05) is 11.8 Å². The fourth-order valence-electron chi connectivity index (χ4n) is 2.82. The molecular weight excluding hydrogens is 266 g/mol. The van der Waals surface area contributed by atoms with Gasteiger partial charge in [-0.2, -0.15) is 11.8 Å². The molecule has 3 heteroatoms. The summed E-state index contributed by atoms with van der Waals surface area (Å²) in [6, 6.07) is 8.99. The largest absolute Gasteiger partial charge is 0.394 e. The average Bonchev–Trinajstić information content (AvgIpc) is 3.24. The lowest BCUT2D eigenvalue weighted by atomic mass is 9.95. The summed E-state index contributed by atoms with van der Waals surface area (Å²) >= 11 is 1.94. The molecule has 1 aromatic rings. The summed E-state index contributed by atoms with van der Waals surface area (Å²) in [7, 11) is 0. The number of hydrogen-bond donors (Lipinski definition) is 2. The van der Waals surface area contributed by atoms with Crippen LogP contribution in [0.2, 0.25) is 0 Å². The predicted molar refractivity (Wildman–Crippen MR) is 88.2 cm³/mol. The number of aryl methyl sites for hydroxylation is 1. The molecule has 112 valence electrons. The number of benzene rings is 1. The number of aliphatic hydroxyl groups is 1. The Balaban J connectivity index is 1.93. The van der Waals surface area contributed by atoms with Crippen molar-refractivity contribution in [1.29, 1.82) is 0 Å². The lowest BCUT2D eigenvalue weighted by Crippen LogP contribution is -2.55. The molecule has 2 nitrogen and oxygen atoms in total. The van der Waals surface area contributed by atoms with Gasteiger partial charge in [0.1, 0.15) is 0 Å². The Morgan fingerprint density at radius 1 is 1.35 bits per heavy atom. The van der Waals surface area contributed by atoms with E-state index in [9.17, 15) is 5.11 Å². The minimum absolute atomic E-state index is 0.0818. The smallest absolute Gasteiger partial charge is 0.0624 e. The summed E-state index contributed by atoms with van der Waals surface area (Å²) in [5, 5.41) is 13.5. The van der Waals surface area contributed by atoms with E-state index in [0.717, 1.165) is 11.5 Å². The second-order valence-electron chi connectivity index (χ2n) is 6.31. The van der Waals surface area contributed by atoms with Crippen LogP contribution in [0.4, 0.5) is 0 Å². The number of rotatable bonds is 8. The quantitative estimate of drug-likeness (QED) is 0.771. The predicted octanol–water partition coefficient (Wildman–Crippen LogP) is 3.37. The topological polar surface area (TPSA) is 32.3 Å². The lowest BCUT2D eigenvalue weighted by Gasteiger charge is -2.35. The van der Waals surface area contributed by atoms with Gasteiger partial charge < -0.3 is 10.4 Å². The van der Waals surface area contributed by atoms with Gasteiger partial charge in [-0.25, -0.2) is 0 Å². The lowest BCUT2D eigenvalue weighted by molar-refractivity contribution is 0.150. The summed E-state index contributed by atoms with van der Waals surface area (Å²) in [5.41, 5.74) is 2.68. The van der Waals surface area contributed by atoms with Crippen LogP contribution in [-0.2, 0) is 5.75 Å². The van der Waals surface area contributed by atoms with Crippen molar-refractivity contribution in [3.8, 4) is 0 Å². The van der Waals surface area contributed by atoms with Crippen LogP contribution in [-0.4, -0.2) is 29.0 Å². The van der Waals surface area contributed by atoms with Crippen LogP contribution in [0.15, 0.2) is 24.3 Å². The Morgan fingerprint density at radius 3 is 2.60 bits per heavy atom. The van der Waals surface area contributed by atoms with Gasteiger partial charge in [-0.05, 0) is 36.8 Å². The summed E-state index contributed by atoms with van der Waals surface area (Å²) in [4.78, 5) is 0. The molecule has 1 aliphatic rings. The molecule has 1 fully saturated rings. The molecule has 0 radical (unpaired) electrons. The number of nitrogens with one attached hydrogen (secondary N) is 1. The summed E-state index contributed by atoms with van der Waals surface area (Å²) in [5.74, 6) is 2.67. The highest BCUT2D eigenvalue weighted by Gasteiger charge is 2.44. The highest BCUT2D eigenvalue weighted by Crippen LogP contribution is 2.42. The maximum absolute atomic E-state index is 9.91.